The summed E-state index contributed by atoms with van der Waals surface area (Å²) < 4.78 is 39.5. The lowest BCUT2D eigenvalue weighted by atomic mass is 10.1. The zero-order valence-electron chi connectivity index (χ0n) is 13.0. The van der Waals surface area contributed by atoms with Gasteiger partial charge in [-0.2, -0.15) is 0 Å². The van der Waals surface area contributed by atoms with E-state index in [9.17, 15) is 18.0 Å². The first-order valence-corrected chi connectivity index (χ1v) is 7.47. The van der Waals surface area contributed by atoms with Crippen molar-refractivity contribution < 1.29 is 18.0 Å². The number of nitrogens with two attached hydrogens (primary N) is 1. The number of halogens is 3. The summed E-state index contributed by atoms with van der Waals surface area (Å²) >= 11 is 0. The molecule has 1 aromatic carbocycles. The Hall–Kier alpha value is -3.09. The molecule has 3 rings (SSSR count). The number of carbonyl (C=O) groups excluding carboxylic acids is 1. The summed E-state index contributed by atoms with van der Waals surface area (Å²) in [5, 5.41) is 0. The number of hydrogen-bond acceptors (Lipinski definition) is 3. The molecular formula is C18H14F3N3O. The first-order valence-electron chi connectivity index (χ1n) is 7.47. The van der Waals surface area contributed by atoms with Crippen molar-refractivity contribution in [2.24, 2.45) is 5.73 Å². The summed E-state index contributed by atoms with van der Waals surface area (Å²) in [6.07, 6.45) is 6.81. The lowest BCUT2D eigenvalue weighted by molar-refractivity contribution is -0.114. The van der Waals surface area contributed by atoms with Crippen LogP contribution in [0.1, 0.15) is 11.1 Å². The van der Waals surface area contributed by atoms with E-state index in [1.165, 1.54) is 0 Å². The minimum atomic E-state index is -1.48. The van der Waals surface area contributed by atoms with Gasteiger partial charge >= 0.3 is 0 Å². The molecule has 0 bridgehead atoms. The summed E-state index contributed by atoms with van der Waals surface area (Å²) in [5.41, 5.74) is 6.65. The first-order chi connectivity index (χ1) is 11.9. The lowest BCUT2D eigenvalue weighted by Gasteiger charge is -2.21. The fourth-order valence-corrected chi connectivity index (χ4v) is 2.50. The summed E-state index contributed by atoms with van der Waals surface area (Å²) in [5.74, 6) is -3.85. The largest absolute Gasteiger partial charge is 0.366 e. The second-order valence-corrected chi connectivity index (χ2v) is 5.58. The van der Waals surface area contributed by atoms with Gasteiger partial charge in [0.25, 0.3) is 0 Å². The molecule has 0 unspecified atom stereocenters. The van der Waals surface area contributed by atoms with Gasteiger partial charge in [0.1, 0.15) is 5.82 Å². The molecule has 0 spiro atoms. The maximum Gasteiger partial charge on any atom is 0.250 e. The molecule has 4 nitrogen and oxygen atoms in total. The molecule has 0 saturated carbocycles. The van der Waals surface area contributed by atoms with Gasteiger partial charge in [-0.1, -0.05) is 18.2 Å². The molecule has 1 aliphatic heterocycles. The maximum absolute atomic E-state index is 13.3. The average Bonchev–Trinajstić information content (AvgIpc) is 2.60. The van der Waals surface area contributed by atoms with Crippen LogP contribution < -0.4 is 10.6 Å². The van der Waals surface area contributed by atoms with Crippen molar-refractivity contribution in [2.75, 3.05) is 11.4 Å². The topological polar surface area (TPSA) is 59.2 Å². The zero-order valence-corrected chi connectivity index (χ0v) is 13.0. The fraction of sp³-hybridized carbons (Fsp3) is 0.111. The second-order valence-electron chi connectivity index (χ2n) is 5.58. The number of carbonyl (C=O) groups is 1. The van der Waals surface area contributed by atoms with E-state index in [1.807, 2.05) is 0 Å². The highest BCUT2D eigenvalue weighted by Crippen LogP contribution is 2.20. The Morgan fingerprint density at radius 1 is 1.16 bits per heavy atom. The first kappa shape index (κ1) is 16.8. The molecule has 0 fully saturated rings. The van der Waals surface area contributed by atoms with E-state index < -0.39 is 23.4 Å². The van der Waals surface area contributed by atoms with Gasteiger partial charge in [0.15, 0.2) is 17.5 Å². The minimum absolute atomic E-state index is 0.212. The Bertz CT molecular complexity index is 853. The van der Waals surface area contributed by atoms with Crippen molar-refractivity contribution in [3.63, 3.8) is 0 Å². The molecule has 7 heteroatoms. The van der Waals surface area contributed by atoms with Crippen LogP contribution in [0.25, 0.3) is 0 Å². The summed E-state index contributed by atoms with van der Waals surface area (Å²) in [6.45, 7) is 0.539. The Morgan fingerprint density at radius 2 is 1.88 bits per heavy atom. The highest BCUT2D eigenvalue weighted by molar-refractivity contribution is 5.95. The molecule has 0 radical (unpaired) electrons. The predicted molar refractivity (Wildman–Crippen MR) is 87.1 cm³/mol. The molecular weight excluding hydrogens is 331 g/mol. The van der Waals surface area contributed by atoms with Gasteiger partial charge in [-0.05, 0) is 35.7 Å². The molecule has 1 aromatic heterocycles. The number of primary amides is 1. The van der Waals surface area contributed by atoms with Crippen LogP contribution in [-0.2, 0) is 11.2 Å². The standard InChI is InChI=1S/C18H14F3N3O/c19-14-7-12(8-15(20)17(14)21)6-11-3-4-16(23-9-11)24-5-1-2-13(10-24)18(22)25/h1-4,7-10H,5-6H2,(H2,22,25). The molecule has 2 heterocycles. The molecule has 128 valence electrons. The summed E-state index contributed by atoms with van der Waals surface area (Å²) in [4.78, 5) is 17.3. The van der Waals surface area contributed by atoms with Gasteiger partial charge in [-0.15, -0.1) is 0 Å². The highest BCUT2D eigenvalue weighted by Gasteiger charge is 2.13. The second kappa shape index (κ2) is 6.80. The number of pyridine rings is 1. The molecule has 1 amide bonds. The summed E-state index contributed by atoms with van der Waals surface area (Å²) in [7, 11) is 0. The van der Waals surface area contributed by atoms with E-state index in [2.05, 4.69) is 4.98 Å². The number of hydrogen-bond donors (Lipinski definition) is 1. The van der Waals surface area contributed by atoms with Crippen LogP contribution in [0.15, 0.2) is 54.4 Å². The number of amides is 1. The lowest BCUT2D eigenvalue weighted by Crippen LogP contribution is -2.24. The van der Waals surface area contributed by atoms with Crippen molar-refractivity contribution in [1.82, 2.24) is 4.98 Å². The van der Waals surface area contributed by atoms with Crippen LogP contribution in [-0.4, -0.2) is 17.4 Å². The van der Waals surface area contributed by atoms with Crippen molar-refractivity contribution >= 4 is 11.7 Å². The molecule has 0 atom stereocenters. The molecule has 2 aromatic rings. The normalized spacial score (nSPS) is 13.7. The molecule has 25 heavy (non-hydrogen) atoms. The molecule has 1 aliphatic rings. The smallest absolute Gasteiger partial charge is 0.250 e. The van der Waals surface area contributed by atoms with Crippen LogP contribution in [0.3, 0.4) is 0 Å². The molecule has 0 saturated heterocycles. The Balaban J connectivity index is 1.77. The van der Waals surface area contributed by atoms with Crippen molar-refractivity contribution in [3.05, 3.63) is 83.0 Å². The van der Waals surface area contributed by atoms with Gasteiger partial charge in [0.2, 0.25) is 5.91 Å². The van der Waals surface area contributed by atoms with Crippen molar-refractivity contribution in [2.45, 2.75) is 6.42 Å². The van der Waals surface area contributed by atoms with Crippen molar-refractivity contribution in [1.29, 1.82) is 0 Å². The van der Waals surface area contributed by atoms with Gasteiger partial charge in [-0.25, -0.2) is 18.2 Å². The SMILES string of the molecule is NC(=O)C1=CN(c2ccc(Cc3cc(F)c(F)c(F)c3)cn2)CC=C1. The Labute approximate surface area is 142 Å². The monoisotopic (exact) mass is 345 g/mol. The number of nitrogens with zero attached hydrogens (tertiary/aromatic N) is 2. The molecule has 2 N–H and O–H groups in total. The van der Waals surface area contributed by atoms with Crippen molar-refractivity contribution in [3.8, 4) is 0 Å². The van der Waals surface area contributed by atoms with Gasteiger partial charge in [0.05, 0.1) is 5.57 Å². The number of anilines is 1. The number of rotatable bonds is 4. The summed E-state index contributed by atoms with van der Waals surface area (Å²) in [6, 6.07) is 5.39. The van der Waals surface area contributed by atoms with E-state index in [0.29, 0.717) is 29.1 Å². The van der Waals surface area contributed by atoms with Crippen LogP contribution in [0.5, 0.6) is 0 Å². The minimum Gasteiger partial charge on any atom is -0.366 e. The van der Waals surface area contributed by atoms with E-state index in [-0.39, 0.29) is 6.42 Å². The molecule has 0 aliphatic carbocycles. The van der Waals surface area contributed by atoms with E-state index in [1.54, 1.807) is 41.6 Å². The third-order valence-electron chi connectivity index (χ3n) is 3.73. The number of aromatic nitrogens is 1. The Kier molecular flexibility index (Phi) is 4.56. The zero-order chi connectivity index (χ0) is 18.0. The number of benzene rings is 1. The maximum atomic E-state index is 13.3. The highest BCUT2D eigenvalue weighted by atomic mass is 19.2. The third-order valence-corrected chi connectivity index (χ3v) is 3.73. The fourth-order valence-electron chi connectivity index (χ4n) is 2.50. The predicted octanol–water partition coefficient (Wildman–Crippen LogP) is 2.84. The van der Waals surface area contributed by atoms with Crippen LogP contribution in [0.2, 0.25) is 0 Å². The quantitative estimate of drug-likeness (QED) is 0.867. The van der Waals surface area contributed by atoms with Gasteiger partial charge in [0, 0.05) is 18.9 Å². The average molecular weight is 345 g/mol. The van der Waals surface area contributed by atoms with Gasteiger partial charge < -0.3 is 10.6 Å². The third kappa shape index (κ3) is 3.71. The van der Waals surface area contributed by atoms with Crippen LogP contribution >= 0.6 is 0 Å². The Morgan fingerprint density at radius 3 is 2.48 bits per heavy atom. The van der Waals surface area contributed by atoms with E-state index >= 15 is 0 Å². The van der Waals surface area contributed by atoms with Gasteiger partial charge in [-0.3, -0.25) is 4.79 Å². The van der Waals surface area contributed by atoms with E-state index in [0.717, 1.165) is 12.1 Å². The van der Waals surface area contributed by atoms with Crippen LogP contribution in [0.4, 0.5) is 19.0 Å². The van der Waals surface area contributed by atoms with Crippen LogP contribution in [0, 0.1) is 17.5 Å². The van der Waals surface area contributed by atoms with E-state index in [4.69, 9.17) is 5.73 Å².